The number of aliphatic hydroxyl groups excluding tert-OH is 1. The van der Waals surface area contributed by atoms with E-state index in [1.165, 1.54) is 6.07 Å². The van der Waals surface area contributed by atoms with Crippen LogP contribution in [-0.4, -0.2) is 5.11 Å². The summed E-state index contributed by atoms with van der Waals surface area (Å²) in [5, 5.41) is 13.5. The van der Waals surface area contributed by atoms with Crippen LogP contribution < -0.4 is 0 Å². The molecule has 1 aromatic heterocycles. The summed E-state index contributed by atoms with van der Waals surface area (Å²) in [7, 11) is 0. The summed E-state index contributed by atoms with van der Waals surface area (Å²) in [4.78, 5) is 0. The third-order valence-corrected chi connectivity index (χ3v) is 4.69. The van der Waals surface area contributed by atoms with Gasteiger partial charge in [-0.3, -0.25) is 0 Å². The van der Waals surface area contributed by atoms with Crippen LogP contribution in [-0.2, 0) is 0 Å². The van der Waals surface area contributed by atoms with Gasteiger partial charge in [0.1, 0.15) is 11.9 Å². The second-order valence-electron chi connectivity index (χ2n) is 4.26. The standard InChI is InChI=1S/C15H10BrFOS/c16-12-5-4-10(8-13(12)17)14(18)11-3-1-2-9-6-7-19-15(9)11/h1-8,14,18H. The molecule has 3 aromatic rings. The summed E-state index contributed by atoms with van der Waals surface area (Å²) in [6, 6.07) is 12.5. The minimum Gasteiger partial charge on any atom is -0.384 e. The van der Waals surface area contributed by atoms with Gasteiger partial charge in [0.15, 0.2) is 0 Å². The molecule has 3 rings (SSSR count). The van der Waals surface area contributed by atoms with Gasteiger partial charge in [0.25, 0.3) is 0 Å². The van der Waals surface area contributed by atoms with Gasteiger partial charge in [-0.2, -0.15) is 0 Å². The molecule has 19 heavy (non-hydrogen) atoms. The van der Waals surface area contributed by atoms with Gasteiger partial charge in [-0.1, -0.05) is 24.3 Å². The molecule has 1 unspecified atom stereocenters. The lowest BCUT2D eigenvalue weighted by Crippen LogP contribution is -2.00. The number of rotatable bonds is 2. The highest BCUT2D eigenvalue weighted by molar-refractivity contribution is 9.10. The van der Waals surface area contributed by atoms with Gasteiger partial charge in [-0.25, -0.2) is 4.39 Å². The summed E-state index contributed by atoms with van der Waals surface area (Å²) in [5.41, 5.74) is 1.37. The monoisotopic (exact) mass is 336 g/mol. The molecule has 0 saturated heterocycles. The Hall–Kier alpha value is -1.23. The van der Waals surface area contributed by atoms with Crippen molar-refractivity contribution in [3.8, 4) is 0 Å². The van der Waals surface area contributed by atoms with Crippen molar-refractivity contribution in [3.05, 3.63) is 69.3 Å². The van der Waals surface area contributed by atoms with E-state index in [0.29, 0.717) is 10.0 Å². The van der Waals surface area contributed by atoms with Gasteiger partial charge < -0.3 is 5.11 Å². The highest BCUT2D eigenvalue weighted by Gasteiger charge is 2.15. The average molecular weight is 337 g/mol. The summed E-state index contributed by atoms with van der Waals surface area (Å²) >= 11 is 4.70. The number of hydrogen-bond donors (Lipinski definition) is 1. The Kier molecular flexibility index (Phi) is 3.39. The molecule has 1 atom stereocenters. The van der Waals surface area contributed by atoms with Gasteiger partial charge in [0.2, 0.25) is 0 Å². The molecule has 0 spiro atoms. The minimum atomic E-state index is -0.815. The van der Waals surface area contributed by atoms with Gasteiger partial charge in [-0.15, -0.1) is 11.3 Å². The zero-order valence-electron chi connectivity index (χ0n) is 9.81. The fourth-order valence-corrected chi connectivity index (χ4v) is 3.28. The fourth-order valence-electron chi connectivity index (χ4n) is 2.09. The first kappa shape index (κ1) is 12.8. The molecule has 0 saturated carbocycles. The van der Waals surface area contributed by atoms with Crippen LogP contribution in [0.3, 0.4) is 0 Å². The van der Waals surface area contributed by atoms with E-state index in [-0.39, 0.29) is 5.82 Å². The molecule has 1 N–H and O–H groups in total. The van der Waals surface area contributed by atoms with E-state index < -0.39 is 6.10 Å². The van der Waals surface area contributed by atoms with Crippen molar-refractivity contribution < 1.29 is 9.50 Å². The van der Waals surface area contributed by atoms with Crippen LogP contribution in [0.25, 0.3) is 10.1 Å². The molecule has 2 aromatic carbocycles. The third kappa shape index (κ3) is 2.31. The maximum Gasteiger partial charge on any atom is 0.137 e. The van der Waals surface area contributed by atoms with Crippen molar-refractivity contribution in [2.75, 3.05) is 0 Å². The topological polar surface area (TPSA) is 20.2 Å². The molecule has 0 aliphatic rings. The van der Waals surface area contributed by atoms with E-state index in [4.69, 9.17) is 0 Å². The number of aliphatic hydroxyl groups is 1. The number of hydrogen-bond acceptors (Lipinski definition) is 2. The van der Waals surface area contributed by atoms with Gasteiger partial charge >= 0.3 is 0 Å². The van der Waals surface area contributed by atoms with Gasteiger partial charge in [0, 0.05) is 10.3 Å². The SMILES string of the molecule is OC(c1ccc(Br)c(F)c1)c1cccc2ccsc12. The number of halogens is 2. The Morgan fingerprint density at radius 3 is 2.79 bits per heavy atom. The maximum atomic E-state index is 13.6. The fraction of sp³-hybridized carbons (Fsp3) is 0.0667. The molecule has 0 radical (unpaired) electrons. The molecule has 0 aliphatic carbocycles. The maximum absolute atomic E-state index is 13.6. The molecule has 1 heterocycles. The van der Waals surface area contributed by atoms with E-state index in [0.717, 1.165) is 15.6 Å². The van der Waals surface area contributed by atoms with E-state index in [1.807, 2.05) is 29.6 Å². The lowest BCUT2D eigenvalue weighted by atomic mass is 10.0. The Morgan fingerprint density at radius 2 is 2.00 bits per heavy atom. The smallest absolute Gasteiger partial charge is 0.137 e. The zero-order valence-corrected chi connectivity index (χ0v) is 12.2. The molecule has 96 valence electrons. The molecule has 1 nitrogen and oxygen atoms in total. The van der Waals surface area contributed by atoms with Crippen LogP contribution in [0.2, 0.25) is 0 Å². The van der Waals surface area contributed by atoms with E-state index >= 15 is 0 Å². The average Bonchev–Trinajstić information content (AvgIpc) is 2.89. The summed E-state index contributed by atoms with van der Waals surface area (Å²) in [5.74, 6) is -0.366. The number of thiophene rings is 1. The lowest BCUT2D eigenvalue weighted by Gasteiger charge is -2.13. The van der Waals surface area contributed by atoms with E-state index in [1.54, 1.807) is 23.5 Å². The Balaban J connectivity index is 2.10. The van der Waals surface area contributed by atoms with Crippen molar-refractivity contribution in [1.82, 2.24) is 0 Å². The molecule has 0 fully saturated rings. The molecular formula is C15H10BrFOS. The van der Waals surface area contributed by atoms with Crippen molar-refractivity contribution in [1.29, 1.82) is 0 Å². The second-order valence-corrected chi connectivity index (χ2v) is 6.03. The Labute approximate surface area is 122 Å². The van der Waals surface area contributed by atoms with E-state index in [9.17, 15) is 9.50 Å². The first-order valence-corrected chi connectivity index (χ1v) is 7.43. The van der Waals surface area contributed by atoms with Crippen molar-refractivity contribution >= 4 is 37.4 Å². The molecule has 4 heteroatoms. The Morgan fingerprint density at radius 1 is 1.16 bits per heavy atom. The summed E-state index contributed by atoms with van der Waals surface area (Å²) in [6.45, 7) is 0. The minimum absolute atomic E-state index is 0.366. The van der Waals surface area contributed by atoms with Gasteiger partial charge in [0.05, 0.1) is 4.47 Å². The van der Waals surface area contributed by atoms with Crippen LogP contribution >= 0.6 is 27.3 Å². The van der Waals surface area contributed by atoms with Crippen LogP contribution in [0.5, 0.6) is 0 Å². The molecule has 0 aliphatic heterocycles. The second kappa shape index (κ2) is 5.04. The summed E-state index contributed by atoms with van der Waals surface area (Å²) in [6.07, 6.45) is -0.815. The largest absolute Gasteiger partial charge is 0.384 e. The van der Waals surface area contributed by atoms with Gasteiger partial charge in [-0.05, 0) is 50.5 Å². The quantitative estimate of drug-likeness (QED) is 0.706. The molecule has 0 amide bonds. The predicted molar refractivity (Wildman–Crippen MR) is 80.0 cm³/mol. The first-order chi connectivity index (χ1) is 9.16. The third-order valence-electron chi connectivity index (χ3n) is 3.06. The first-order valence-electron chi connectivity index (χ1n) is 5.76. The van der Waals surface area contributed by atoms with Crippen LogP contribution in [0, 0.1) is 5.82 Å². The predicted octanol–water partition coefficient (Wildman–Crippen LogP) is 4.88. The highest BCUT2D eigenvalue weighted by Crippen LogP contribution is 2.33. The zero-order chi connectivity index (χ0) is 13.4. The number of benzene rings is 2. The molecule has 0 bridgehead atoms. The normalized spacial score (nSPS) is 12.8. The van der Waals surface area contributed by atoms with Crippen molar-refractivity contribution in [2.45, 2.75) is 6.10 Å². The van der Waals surface area contributed by atoms with Crippen molar-refractivity contribution in [2.24, 2.45) is 0 Å². The summed E-state index contributed by atoms with van der Waals surface area (Å²) < 4.78 is 15.0. The van der Waals surface area contributed by atoms with Crippen LogP contribution in [0.15, 0.2) is 52.3 Å². The lowest BCUT2D eigenvalue weighted by molar-refractivity contribution is 0.221. The van der Waals surface area contributed by atoms with Crippen LogP contribution in [0.4, 0.5) is 4.39 Å². The highest BCUT2D eigenvalue weighted by atomic mass is 79.9. The molecular weight excluding hydrogens is 327 g/mol. The van der Waals surface area contributed by atoms with Crippen molar-refractivity contribution in [3.63, 3.8) is 0 Å². The van der Waals surface area contributed by atoms with Crippen LogP contribution in [0.1, 0.15) is 17.2 Å². The number of fused-ring (bicyclic) bond motifs is 1. The van der Waals surface area contributed by atoms with E-state index in [2.05, 4.69) is 15.9 Å². The Bertz CT molecular complexity index is 738.